The number of anilines is 4. The molecule has 0 bridgehead atoms. The molecule has 2 aromatic heterocycles. The SMILES string of the molecule is CN1CCC(n2cc(Nc3nc(N)nc(-c4cccc(N5CCc6cc(C7CC7)cc(F)c6C5=O)c4CO)n3)cn2)CC1. The van der Waals surface area contributed by atoms with Crippen LogP contribution in [0.3, 0.4) is 0 Å². The first-order valence-corrected chi connectivity index (χ1v) is 14.8. The van der Waals surface area contributed by atoms with Crippen LogP contribution in [0.1, 0.15) is 64.7 Å². The molecule has 2 aromatic carbocycles. The van der Waals surface area contributed by atoms with Gasteiger partial charge in [-0.2, -0.15) is 20.1 Å². The van der Waals surface area contributed by atoms with Crippen molar-refractivity contribution >= 4 is 29.2 Å². The van der Waals surface area contributed by atoms with Crippen molar-refractivity contribution in [2.24, 2.45) is 0 Å². The second kappa shape index (κ2) is 11.0. The van der Waals surface area contributed by atoms with Crippen molar-refractivity contribution < 1.29 is 14.3 Å². The predicted molar refractivity (Wildman–Crippen MR) is 161 cm³/mol. The Morgan fingerprint density at radius 2 is 1.91 bits per heavy atom. The van der Waals surface area contributed by atoms with Gasteiger partial charge >= 0.3 is 0 Å². The fraction of sp³-hybridized carbons (Fsp3) is 0.387. The molecular weight excluding hydrogens is 549 g/mol. The summed E-state index contributed by atoms with van der Waals surface area (Å²) in [6, 6.07) is 9.08. The van der Waals surface area contributed by atoms with Gasteiger partial charge in [0.05, 0.1) is 35.8 Å². The molecule has 222 valence electrons. The molecule has 43 heavy (non-hydrogen) atoms. The van der Waals surface area contributed by atoms with Crippen LogP contribution >= 0.6 is 0 Å². The number of carbonyl (C=O) groups is 1. The van der Waals surface area contributed by atoms with Gasteiger partial charge in [-0.25, -0.2) is 4.39 Å². The van der Waals surface area contributed by atoms with Gasteiger partial charge in [-0.05, 0) is 81.4 Å². The number of nitrogens with one attached hydrogen (secondary N) is 1. The summed E-state index contributed by atoms with van der Waals surface area (Å²) in [6.07, 6.45) is 8.36. The van der Waals surface area contributed by atoms with Crippen molar-refractivity contribution in [3.8, 4) is 11.4 Å². The van der Waals surface area contributed by atoms with E-state index >= 15 is 4.39 Å². The molecule has 1 amide bonds. The lowest BCUT2D eigenvalue weighted by Crippen LogP contribution is -2.39. The summed E-state index contributed by atoms with van der Waals surface area (Å²) in [5, 5.41) is 18.2. The van der Waals surface area contributed by atoms with E-state index < -0.39 is 11.7 Å². The van der Waals surface area contributed by atoms with Gasteiger partial charge in [0, 0.05) is 23.9 Å². The maximum absolute atomic E-state index is 15.2. The summed E-state index contributed by atoms with van der Waals surface area (Å²) in [5.74, 6) is -0.0397. The molecule has 1 aliphatic carbocycles. The standard InChI is InChI=1S/C31H34FN9O2/c1-39-10-8-22(9-11-39)41-16-21(15-34-41)35-31-37-28(36-30(33)38-31)23-3-2-4-26(24(23)17-42)40-12-7-19-13-20(18-5-6-18)14-25(32)27(19)29(40)43/h2-4,13-16,18,22,42H,5-12,17H2,1H3,(H3,33,35,36,37,38). The lowest BCUT2D eigenvalue weighted by atomic mass is 9.93. The third kappa shape index (κ3) is 5.32. The van der Waals surface area contributed by atoms with Crippen LogP contribution in [0.5, 0.6) is 0 Å². The highest BCUT2D eigenvalue weighted by atomic mass is 19.1. The Labute approximate surface area is 248 Å². The lowest BCUT2D eigenvalue weighted by molar-refractivity contribution is 0.0976. The van der Waals surface area contributed by atoms with Gasteiger partial charge in [0.1, 0.15) is 5.82 Å². The summed E-state index contributed by atoms with van der Waals surface area (Å²) in [5.41, 5.74) is 10.1. The number of nitrogens with zero attached hydrogens (tertiary/aromatic N) is 7. The molecule has 0 spiro atoms. The van der Waals surface area contributed by atoms with Crippen molar-refractivity contribution in [2.45, 2.75) is 50.7 Å². The van der Waals surface area contributed by atoms with E-state index in [4.69, 9.17) is 5.73 Å². The van der Waals surface area contributed by atoms with E-state index in [1.165, 1.54) is 11.0 Å². The number of fused-ring (bicyclic) bond motifs is 1. The average Bonchev–Trinajstić information content (AvgIpc) is 3.75. The quantitative estimate of drug-likeness (QED) is 0.294. The topological polar surface area (TPSA) is 138 Å². The van der Waals surface area contributed by atoms with E-state index in [9.17, 15) is 9.90 Å². The van der Waals surface area contributed by atoms with E-state index in [1.54, 1.807) is 24.4 Å². The number of hydrogen-bond acceptors (Lipinski definition) is 9. The Morgan fingerprint density at radius 3 is 2.67 bits per heavy atom. The second-order valence-electron chi connectivity index (χ2n) is 11.7. The van der Waals surface area contributed by atoms with E-state index in [-0.39, 0.29) is 29.9 Å². The van der Waals surface area contributed by atoms with Crippen molar-refractivity contribution in [3.05, 3.63) is 70.8 Å². The molecule has 4 N–H and O–H groups in total. The summed E-state index contributed by atoms with van der Waals surface area (Å²) in [4.78, 5) is 30.7. The first kappa shape index (κ1) is 27.4. The summed E-state index contributed by atoms with van der Waals surface area (Å²) >= 11 is 0. The Balaban J connectivity index is 1.17. The van der Waals surface area contributed by atoms with Crippen LogP contribution in [0.4, 0.5) is 27.7 Å². The number of carbonyl (C=O) groups excluding carboxylic acids is 1. The van der Waals surface area contributed by atoms with Gasteiger partial charge in [-0.15, -0.1) is 0 Å². The second-order valence-corrected chi connectivity index (χ2v) is 11.7. The van der Waals surface area contributed by atoms with E-state index in [1.807, 2.05) is 16.9 Å². The minimum Gasteiger partial charge on any atom is -0.392 e. The number of nitrogen functional groups attached to an aromatic ring is 1. The number of aliphatic hydroxyl groups excluding tert-OH is 1. The number of halogens is 1. The molecule has 3 aliphatic rings. The van der Waals surface area contributed by atoms with Crippen LogP contribution in [0.2, 0.25) is 0 Å². The molecule has 1 saturated heterocycles. The van der Waals surface area contributed by atoms with Gasteiger partial charge in [-0.1, -0.05) is 18.2 Å². The van der Waals surface area contributed by atoms with Crippen LogP contribution in [-0.4, -0.2) is 67.3 Å². The first-order chi connectivity index (χ1) is 20.9. The minimum atomic E-state index is -0.490. The molecule has 12 heteroatoms. The maximum atomic E-state index is 15.2. The van der Waals surface area contributed by atoms with Gasteiger partial charge in [-0.3, -0.25) is 9.48 Å². The Kier molecular flexibility index (Phi) is 7.02. The number of nitrogens with two attached hydrogens (primary N) is 1. The Hall–Kier alpha value is -4.42. The van der Waals surface area contributed by atoms with E-state index in [2.05, 4.69) is 37.3 Å². The molecular formula is C31H34FN9O2. The molecule has 7 rings (SSSR count). The van der Waals surface area contributed by atoms with Crippen LogP contribution in [-0.2, 0) is 13.0 Å². The smallest absolute Gasteiger partial charge is 0.261 e. The normalized spacial score (nSPS) is 17.7. The van der Waals surface area contributed by atoms with Crippen LogP contribution in [0.25, 0.3) is 11.4 Å². The predicted octanol–water partition coefficient (Wildman–Crippen LogP) is 4.04. The molecule has 1 saturated carbocycles. The molecule has 11 nitrogen and oxygen atoms in total. The van der Waals surface area contributed by atoms with Crippen molar-refractivity contribution in [3.63, 3.8) is 0 Å². The minimum absolute atomic E-state index is 0.000941. The number of piperidine rings is 1. The van der Waals surface area contributed by atoms with Crippen molar-refractivity contribution in [1.29, 1.82) is 0 Å². The van der Waals surface area contributed by atoms with E-state index in [0.717, 1.165) is 55.6 Å². The molecule has 0 atom stereocenters. The van der Waals surface area contributed by atoms with Crippen molar-refractivity contribution in [2.75, 3.05) is 42.6 Å². The van der Waals surface area contributed by atoms with Crippen LogP contribution in [0.15, 0.2) is 42.7 Å². The maximum Gasteiger partial charge on any atom is 0.261 e. The molecule has 4 aromatic rings. The van der Waals surface area contributed by atoms with Gasteiger partial charge in [0.25, 0.3) is 5.91 Å². The Morgan fingerprint density at radius 1 is 1.09 bits per heavy atom. The zero-order valence-electron chi connectivity index (χ0n) is 24.0. The van der Waals surface area contributed by atoms with Crippen LogP contribution < -0.4 is 16.0 Å². The van der Waals surface area contributed by atoms with Gasteiger partial charge < -0.3 is 26.0 Å². The number of aromatic nitrogens is 5. The molecule has 4 heterocycles. The first-order valence-electron chi connectivity index (χ1n) is 14.8. The largest absolute Gasteiger partial charge is 0.392 e. The summed E-state index contributed by atoms with van der Waals surface area (Å²) in [7, 11) is 2.13. The number of hydrogen-bond donors (Lipinski definition) is 3. The van der Waals surface area contributed by atoms with E-state index in [0.29, 0.717) is 41.7 Å². The third-order valence-corrected chi connectivity index (χ3v) is 8.72. The van der Waals surface area contributed by atoms with Crippen molar-refractivity contribution in [1.82, 2.24) is 29.6 Å². The third-order valence-electron chi connectivity index (χ3n) is 8.72. The number of aliphatic hydroxyl groups is 1. The molecule has 0 radical (unpaired) electrons. The fourth-order valence-corrected chi connectivity index (χ4v) is 6.24. The zero-order chi connectivity index (χ0) is 29.7. The summed E-state index contributed by atoms with van der Waals surface area (Å²) in [6.45, 7) is 2.03. The van der Waals surface area contributed by atoms with Gasteiger partial charge in [0.15, 0.2) is 5.82 Å². The number of amides is 1. The molecule has 0 unspecified atom stereocenters. The molecule has 2 fully saturated rings. The average molecular weight is 584 g/mol. The summed E-state index contributed by atoms with van der Waals surface area (Å²) < 4.78 is 17.2. The Bertz CT molecular complexity index is 1690. The zero-order valence-corrected chi connectivity index (χ0v) is 24.0. The lowest BCUT2D eigenvalue weighted by Gasteiger charge is -2.31. The number of rotatable bonds is 7. The van der Waals surface area contributed by atoms with Gasteiger partial charge in [0.2, 0.25) is 11.9 Å². The monoisotopic (exact) mass is 583 g/mol. The van der Waals surface area contributed by atoms with Crippen LogP contribution in [0, 0.1) is 5.82 Å². The number of likely N-dealkylation sites (tertiary alicyclic amines) is 1. The molecule has 2 aliphatic heterocycles. The fourth-order valence-electron chi connectivity index (χ4n) is 6.24. The number of benzene rings is 2. The highest BCUT2D eigenvalue weighted by molar-refractivity contribution is 6.09. The highest BCUT2D eigenvalue weighted by Gasteiger charge is 2.33. The highest BCUT2D eigenvalue weighted by Crippen LogP contribution is 2.42.